The molecule has 0 fully saturated rings. The Labute approximate surface area is 90.4 Å². The number of rotatable bonds is 2. The quantitative estimate of drug-likeness (QED) is 0.594. The van der Waals surface area contributed by atoms with Crippen LogP contribution >= 0.6 is 15.9 Å². The van der Waals surface area contributed by atoms with Crippen LogP contribution in [0.2, 0.25) is 0 Å². The maximum atomic E-state index is 12.4. The Morgan fingerprint density at radius 1 is 1.33 bits per heavy atom. The molecular formula is C8H5BrF5N. The minimum Gasteiger partial charge on any atom is -0.251 e. The van der Waals surface area contributed by atoms with E-state index in [0.29, 0.717) is 0 Å². The van der Waals surface area contributed by atoms with Crippen LogP contribution in [-0.4, -0.2) is 4.98 Å². The molecule has 0 saturated heterocycles. The minimum atomic E-state index is -4.86. The van der Waals surface area contributed by atoms with Gasteiger partial charge in [0.15, 0.2) is 5.69 Å². The Kier molecular flexibility index (Phi) is 3.64. The first-order chi connectivity index (χ1) is 6.88. The first-order valence-electron chi connectivity index (χ1n) is 3.77. The zero-order valence-electron chi connectivity index (χ0n) is 7.15. The summed E-state index contributed by atoms with van der Waals surface area (Å²) in [6.45, 7) is 0. The van der Waals surface area contributed by atoms with Crippen molar-refractivity contribution >= 4 is 15.9 Å². The van der Waals surface area contributed by atoms with Gasteiger partial charge in [-0.05, 0) is 11.6 Å². The maximum Gasteiger partial charge on any atom is 0.433 e. The second kappa shape index (κ2) is 4.42. The smallest absolute Gasteiger partial charge is 0.251 e. The molecule has 0 aromatic carbocycles. The van der Waals surface area contributed by atoms with E-state index in [1.54, 1.807) is 0 Å². The van der Waals surface area contributed by atoms with Crippen molar-refractivity contribution in [1.82, 2.24) is 4.98 Å². The first kappa shape index (κ1) is 12.4. The number of alkyl halides is 6. The maximum absolute atomic E-state index is 12.4. The van der Waals surface area contributed by atoms with E-state index in [4.69, 9.17) is 0 Å². The normalized spacial score (nSPS) is 12.2. The standard InChI is InChI=1S/C8H5BrF5N/c9-3-4-1-2-15-6(8(12,13)14)5(4)7(10)11/h1-2,7H,3H2. The first-order valence-corrected chi connectivity index (χ1v) is 4.89. The van der Waals surface area contributed by atoms with Gasteiger partial charge in [-0.3, -0.25) is 4.98 Å². The number of hydrogen-bond donors (Lipinski definition) is 0. The van der Waals surface area contributed by atoms with Gasteiger partial charge in [-0.15, -0.1) is 0 Å². The summed E-state index contributed by atoms with van der Waals surface area (Å²) in [4.78, 5) is 2.95. The van der Waals surface area contributed by atoms with E-state index in [1.807, 2.05) is 0 Å². The molecule has 1 aromatic heterocycles. The van der Waals surface area contributed by atoms with Crippen molar-refractivity contribution in [2.45, 2.75) is 17.9 Å². The third kappa shape index (κ3) is 2.64. The lowest BCUT2D eigenvalue weighted by molar-refractivity contribution is -0.143. The Morgan fingerprint density at radius 3 is 2.33 bits per heavy atom. The Hall–Kier alpha value is -0.720. The Bertz CT molecular complexity index is 349. The van der Waals surface area contributed by atoms with Crippen LogP contribution in [0.1, 0.15) is 23.2 Å². The monoisotopic (exact) mass is 289 g/mol. The molecule has 0 N–H and O–H groups in total. The summed E-state index contributed by atoms with van der Waals surface area (Å²) in [5, 5.41) is -0.0712. The molecule has 1 rings (SSSR count). The second-order valence-corrected chi connectivity index (χ2v) is 3.23. The van der Waals surface area contributed by atoms with Crippen LogP contribution < -0.4 is 0 Å². The predicted molar refractivity (Wildman–Crippen MR) is 46.8 cm³/mol. The predicted octanol–water partition coefficient (Wildman–Crippen LogP) is 3.93. The van der Waals surface area contributed by atoms with Crippen molar-refractivity contribution < 1.29 is 22.0 Å². The third-order valence-electron chi connectivity index (χ3n) is 1.71. The topological polar surface area (TPSA) is 12.9 Å². The molecule has 0 saturated carbocycles. The molecule has 0 radical (unpaired) electrons. The van der Waals surface area contributed by atoms with Crippen LogP contribution in [0.15, 0.2) is 12.3 Å². The fourth-order valence-electron chi connectivity index (χ4n) is 1.10. The summed E-state index contributed by atoms with van der Waals surface area (Å²) < 4.78 is 61.8. The molecule has 7 heteroatoms. The van der Waals surface area contributed by atoms with Crippen molar-refractivity contribution in [3.05, 3.63) is 29.1 Å². The van der Waals surface area contributed by atoms with Crippen molar-refractivity contribution in [2.24, 2.45) is 0 Å². The van der Waals surface area contributed by atoms with E-state index in [1.165, 1.54) is 0 Å². The molecule has 15 heavy (non-hydrogen) atoms. The lowest BCUT2D eigenvalue weighted by atomic mass is 10.1. The van der Waals surface area contributed by atoms with Crippen LogP contribution in [0.25, 0.3) is 0 Å². The average Bonchev–Trinajstić information content (AvgIpc) is 2.15. The zero-order valence-corrected chi connectivity index (χ0v) is 8.74. The Morgan fingerprint density at radius 2 is 1.93 bits per heavy atom. The third-order valence-corrected chi connectivity index (χ3v) is 2.32. The Balaban J connectivity index is 3.39. The average molecular weight is 290 g/mol. The highest BCUT2D eigenvalue weighted by Crippen LogP contribution is 2.36. The molecule has 0 aliphatic rings. The van der Waals surface area contributed by atoms with Gasteiger partial charge in [0.2, 0.25) is 0 Å². The van der Waals surface area contributed by atoms with Crippen LogP contribution in [0, 0.1) is 0 Å². The molecule has 0 aliphatic heterocycles. The van der Waals surface area contributed by atoms with Gasteiger partial charge in [0, 0.05) is 11.5 Å². The number of pyridine rings is 1. The summed E-state index contributed by atoms with van der Waals surface area (Å²) in [5.41, 5.74) is -2.68. The fourth-order valence-corrected chi connectivity index (χ4v) is 1.59. The summed E-state index contributed by atoms with van der Waals surface area (Å²) in [6.07, 6.45) is -7.18. The highest BCUT2D eigenvalue weighted by atomic mass is 79.9. The molecular weight excluding hydrogens is 285 g/mol. The molecule has 0 bridgehead atoms. The van der Waals surface area contributed by atoms with E-state index in [0.717, 1.165) is 12.3 Å². The molecule has 84 valence electrons. The molecule has 0 aliphatic carbocycles. The highest BCUT2D eigenvalue weighted by molar-refractivity contribution is 9.08. The number of halogens is 6. The highest BCUT2D eigenvalue weighted by Gasteiger charge is 2.38. The summed E-state index contributed by atoms with van der Waals surface area (Å²) >= 11 is 2.85. The van der Waals surface area contributed by atoms with Gasteiger partial charge in [0.25, 0.3) is 6.43 Å². The largest absolute Gasteiger partial charge is 0.433 e. The van der Waals surface area contributed by atoms with Crippen LogP contribution in [0.4, 0.5) is 22.0 Å². The lowest BCUT2D eigenvalue weighted by Crippen LogP contribution is -2.13. The van der Waals surface area contributed by atoms with E-state index in [-0.39, 0.29) is 10.9 Å². The molecule has 0 spiro atoms. The lowest BCUT2D eigenvalue weighted by Gasteiger charge is -2.13. The van der Waals surface area contributed by atoms with Crippen molar-refractivity contribution in [1.29, 1.82) is 0 Å². The van der Waals surface area contributed by atoms with Gasteiger partial charge < -0.3 is 0 Å². The minimum absolute atomic E-state index is 0.0712. The van der Waals surface area contributed by atoms with Gasteiger partial charge in [0.05, 0.1) is 5.56 Å². The molecule has 1 heterocycles. The molecule has 1 aromatic rings. The number of nitrogens with zero attached hydrogens (tertiary/aromatic N) is 1. The SMILES string of the molecule is FC(F)c1c(CBr)ccnc1C(F)(F)F. The van der Waals surface area contributed by atoms with Crippen LogP contribution in [-0.2, 0) is 11.5 Å². The van der Waals surface area contributed by atoms with E-state index in [2.05, 4.69) is 20.9 Å². The zero-order chi connectivity index (χ0) is 11.6. The van der Waals surface area contributed by atoms with E-state index in [9.17, 15) is 22.0 Å². The van der Waals surface area contributed by atoms with Crippen molar-refractivity contribution in [3.8, 4) is 0 Å². The molecule has 0 amide bonds. The summed E-state index contributed by atoms with van der Waals surface area (Å²) in [6, 6.07) is 1.13. The van der Waals surface area contributed by atoms with Crippen LogP contribution in [0.5, 0.6) is 0 Å². The van der Waals surface area contributed by atoms with Gasteiger partial charge in [-0.25, -0.2) is 8.78 Å². The van der Waals surface area contributed by atoms with Crippen molar-refractivity contribution in [2.75, 3.05) is 0 Å². The number of aromatic nitrogens is 1. The van der Waals surface area contributed by atoms with E-state index < -0.39 is 23.9 Å². The number of hydrogen-bond acceptors (Lipinski definition) is 1. The molecule has 0 atom stereocenters. The van der Waals surface area contributed by atoms with Crippen LogP contribution in [0.3, 0.4) is 0 Å². The van der Waals surface area contributed by atoms with Gasteiger partial charge in [-0.2, -0.15) is 13.2 Å². The van der Waals surface area contributed by atoms with E-state index >= 15 is 0 Å². The second-order valence-electron chi connectivity index (χ2n) is 2.66. The molecule has 0 unspecified atom stereocenters. The summed E-state index contributed by atoms with van der Waals surface area (Å²) in [5.74, 6) is 0. The summed E-state index contributed by atoms with van der Waals surface area (Å²) in [7, 11) is 0. The molecule has 1 nitrogen and oxygen atoms in total. The fraction of sp³-hybridized carbons (Fsp3) is 0.375. The van der Waals surface area contributed by atoms with Gasteiger partial charge in [-0.1, -0.05) is 15.9 Å². The van der Waals surface area contributed by atoms with Gasteiger partial charge in [0.1, 0.15) is 0 Å². The van der Waals surface area contributed by atoms with Gasteiger partial charge >= 0.3 is 6.18 Å². The van der Waals surface area contributed by atoms with Crippen molar-refractivity contribution in [3.63, 3.8) is 0 Å².